The molecular weight excluding hydrogens is 366 g/mol. The number of halogens is 1. The molecule has 0 atom stereocenters. The predicted octanol–water partition coefficient (Wildman–Crippen LogP) is 3.24. The van der Waals surface area contributed by atoms with Gasteiger partial charge in [-0.25, -0.2) is 4.98 Å². The van der Waals surface area contributed by atoms with E-state index >= 15 is 0 Å². The van der Waals surface area contributed by atoms with E-state index in [2.05, 4.69) is 25.9 Å². The third-order valence-electron chi connectivity index (χ3n) is 3.07. The molecule has 2 aromatic rings. The smallest absolute Gasteiger partial charge is 0.307 e. The maximum Gasteiger partial charge on any atom is 0.307 e. The minimum atomic E-state index is -0.314. The Morgan fingerprint density at radius 3 is 3.09 bits per heavy atom. The number of amides is 1. The third kappa shape index (κ3) is 3.05. The summed E-state index contributed by atoms with van der Waals surface area (Å²) in [5.74, 6) is 0.473. The molecule has 0 spiro atoms. The minimum Gasteiger partial charge on any atom is -0.492 e. The van der Waals surface area contributed by atoms with E-state index in [1.165, 1.54) is 17.7 Å². The first-order valence-corrected chi connectivity index (χ1v) is 8.33. The summed E-state index contributed by atoms with van der Waals surface area (Å²) < 4.78 is 6.72. The maximum atomic E-state index is 12.1. The fourth-order valence-electron chi connectivity index (χ4n) is 2.11. The van der Waals surface area contributed by atoms with Crippen molar-refractivity contribution in [2.45, 2.75) is 6.42 Å². The van der Waals surface area contributed by atoms with Crippen LogP contribution < -0.4 is 4.74 Å². The molecule has 1 amide bonds. The molecule has 2 heterocycles. The quantitative estimate of drug-likeness (QED) is 0.593. The molecule has 7 heteroatoms. The molecule has 5 nitrogen and oxygen atoms in total. The molecule has 0 N–H and O–H groups in total. The Labute approximate surface area is 140 Å². The lowest BCUT2D eigenvalue weighted by Crippen LogP contribution is -2.09. The number of fused-ring (bicyclic) bond motifs is 3. The van der Waals surface area contributed by atoms with Gasteiger partial charge in [0, 0.05) is 35.4 Å². The third-order valence-corrected chi connectivity index (χ3v) is 4.67. The molecule has 0 bridgehead atoms. The molecule has 1 aromatic carbocycles. The second kappa shape index (κ2) is 6.18. The van der Waals surface area contributed by atoms with Crippen molar-refractivity contribution in [1.82, 2.24) is 9.88 Å². The molecule has 22 heavy (non-hydrogen) atoms. The van der Waals surface area contributed by atoms with Crippen LogP contribution in [0.3, 0.4) is 0 Å². The SMILES string of the molecule is CN(C)/C=N/C(=O)c1nc2c(s1)CCOc1cc(Br)ccc1-2. The van der Waals surface area contributed by atoms with Crippen LogP contribution in [0.25, 0.3) is 11.3 Å². The first-order valence-electron chi connectivity index (χ1n) is 6.72. The molecule has 0 saturated carbocycles. The van der Waals surface area contributed by atoms with E-state index in [4.69, 9.17) is 4.74 Å². The van der Waals surface area contributed by atoms with Crippen LogP contribution in [-0.4, -0.2) is 42.8 Å². The van der Waals surface area contributed by atoms with Gasteiger partial charge in [0.05, 0.1) is 18.6 Å². The van der Waals surface area contributed by atoms with Crippen LogP contribution in [-0.2, 0) is 6.42 Å². The summed E-state index contributed by atoms with van der Waals surface area (Å²) in [7, 11) is 3.64. The van der Waals surface area contributed by atoms with Crippen LogP contribution in [0.15, 0.2) is 27.7 Å². The standard InChI is InChI=1S/C15H14BrN3O2S/c1-19(2)8-17-14(20)15-18-13-10-4-3-9(16)7-11(10)21-6-5-12(13)22-15/h3-4,7-8H,5-6H2,1-2H3/b17-8+. The average Bonchev–Trinajstić information content (AvgIpc) is 2.82. The Bertz CT molecular complexity index is 755. The van der Waals surface area contributed by atoms with Gasteiger partial charge in [0.2, 0.25) is 0 Å². The number of carbonyl (C=O) groups excluding carboxylic acids is 1. The summed E-state index contributed by atoms with van der Waals surface area (Å²) in [5, 5.41) is 0.416. The Hall–Kier alpha value is -1.73. The van der Waals surface area contributed by atoms with Crippen LogP contribution in [0.1, 0.15) is 14.7 Å². The number of hydrogen-bond donors (Lipinski definition) is 0. The number of carbonyl (C=O) groups is 1. The van der Waals surface area contributed by atoms with Crippen molar-refractivity contribution in [3.05, 3.63) is 32.6 Å². The van der Waals surface area contributed by atoms with Crippen LogP contribution >= 0.6 is 27.3 Å². The molecule has 0 unspecified atom stereocenters. The monoisotopic (exact) mass is 379 g/mol. The summed E-state index contributed by atoms with van der Waals surface area (Å²) in [5.41, 5.74) is 1.75. The number of benzene rings is 1. The number of aliphatic imine (C=N–C) groups is 1. The zero-order valence-electron chi connectivity index (χ0n) is 12.2. The number of rotatable bonds is 2. The summed E-state index contributed by atoms with van der Waals surface area (Å²) in [6.45, 7) is 0.577. The van der Waals surface area contributed by atoms with Gasteiger partial charge in [-0.05, 0) is 18.2 Å². The maximum absolute atomic E-state index is 12.1. The minimum absolute atomic E-state index is 0.314. The number of hydrogen-bond acceptors (Lipinski definition) is 4. The van der Waals surface area contributed by atoms with Gasteiger partial charge in [0.1, 0.15) is 5.75 Å². The van der Waals surface area contributed by atoms with Gasteiger partial charge in [-0.15, -0.1) is 11.3 Å². The second-order valence-corrected chi connectivity index (χ2v) is 7.04. The number of thiazole rings is 1. The lowest BCUT2D eigenvalue weighted by atomic mass is 10.1. The fraction of sp³-hybridized carbons (Fsp3) is 0.267. The summed E-state index contributed by atoms with van der Waals surface area (Å²) in [4.78, 5) is 23.3. The van der Waals surface area contributed by atoms with E-state index in [0.29, 0.717) is 11.6 Å². The van der Waals surface area contributed by atoms with Gasteiger partial charge in [0.25, 0.3) is 0 Å². The van der Waals surface area contributed by atoms with Gasteiger partial charge >= 0.3 is 5.91 Å². The zero-order chi connectivity index (χ0) is 15.7. The highest BCUT2D eigenvalue weighted by Gasteiger charge is 2.22. The second-order valence-electron chi connectivity index (χ2n) is 5.04. The number of ether oxygens (including phenoxy) is 1. The highest BCUT2D eigenvalue weighted by Crippen LogP contribution is 2.38. The topological polar surface area (TPSA) is 54.8 Å². The van der Waals surface area contributed by atoms with Gasteiger partial charge in [-0.2, -0.15) is 4.99 Å². The van der Waals surface area contributed by atoms with E-state index in [1.54, 1.807) is 4.90 Å². The zero-order valence-corrected chi connectivity index (χ0v) is 14.6. The Morgan fingerprint density at radius 2 is 2.32 bits per heavy atom. The van der Waals surface area contributed by atoms with E-state index in [1.807, 2.05) is 32.3 Å². The molecule has 0 radical (unpaired) electrons. The first-order chi connectivity index (χ1) is 10.5. The van der Waals surface area contributed by atoms with Gasteiger partial charge in [0.15, 0.2) is 5.01 Å². The number of aromatic nitrogens is 1. The highest BCUT2D eigenvalue weighted by atomic mass is 79.9. The number of nitrogens with zero attached hydrogens (tertiary/aromatic N) is 3. The lowest BCUT2D eigenvalue weighted by molar-refractivity contribution is 0.100. The Balaban J connectivity index is 2.01. The van der Waals surface area contributed by atoms with Gasteiger partial charge in [-0.3, -0.25) is 4.79 Å². The average molecular weight is 380 g/mol. The Kier molecular flexibility index (Phi) is 4.26. The summed E-state index contributed by atoms with van der Waals surface area (Å²) in [6, 6.07) is 5.83. The molecule has 0 saturated heterocycles. The van der Waals surface area contributed by atoms with Crippen molar-refractivity contribution in [3.63, 3.8) is 0 Å². The van der Waals surface area contributed by atoms with Crippen molar-refractivity contribution in [2.24, 2.45) is 4.99 Å². The van der Waals surface area contributed by atoms with Crippen LogP contribution in [0.5, 0.6) is 5.75 Å². The predicted molar refractivity (Wildman–Crippen MR) is 91.0 cm³/mol. The highest BCUT2D eigenvalue weighted by molar-refractivity contribution is 9.10. The van der Waals surface area contributed by atoms with E-state index in [-0.39, 0.29) is 5.91 Å². The van der Waals surface area contributed by atoms with Crippen molar-refractivity contribution in [2.75, 3.05) is 20.7 Å². The van der Waals surface area contributed by atoms with Crippen LogP contribution in [0, 0.1) is 0 Å². The fourth-order valence-corrected chi connectivity index (χ4v) is 3.40. The Morgan fingerprint density at radius 1 is 1.50 bits per heavy atom. The van der Waals surface area contributed by atoms with Crippen LogP contribution in [0.2, 0.25) is 0 Å². The molecule has 3 rings (SSSR count). The van der Waals surface area contributed by atoms with Gasteiger partial charge in [-0.1, -0.05) is 15.9 Å². The molecule has 0 aliphatic carbocycles. The van der Waals surface area contributed by atoms with E-state index in [9.17, 15) is 4.79 Å². The van der Waals surface area contributed by atoms with Crippen molar-refractivity contribution in [3.8, 4) is 17.0 Å². The molecule has 0 fully saturated rings. The van der Waals surface area contributed by atoms with Gasteiger partial charge < -0.3 is 9.64 Å². The molecule has 1 aliphatic rings. The first kappa shape index (κ1) is 15.2. The molecular formula is C15H14BrN3O2S. The molecule has 114 valence electrons. The summed E-state index contributed by atoms with van der Waals surface area (Å²) in [6.07, 6.45) is 2.23. The van der Waals surface area contributed by atoms with Crippen molar-refractivity contribution >= 4 is 39.5 Å². The van der Waals surface area contributed by atoms with Crippen molar-refractivity contribution in [1.29, 1.82) is 0 Å². The van der Waals surface area contributed by atoms with E-state index in [0.717, 1.165) is 32.8 Å². The largest absolute Gasteiger partial charge is 0.492 e. The van der Waals surface area contributed by atoms with Crippen LogP contribution in [0.4, 0.5) is 0 Å². The normalized spacial score (nSPS) is 13.2. The molecule has 1 aliphatic heterocycles. The summed E-state index contributed by atoms with van der Waals surface area (Å²) >= 11 is 4.83. The van der Waals surface area contributed by atoms with E-state index < -0.39 is 0 Å². The van der Waals surface area contributed by atoms with Crippen molar-refractivity contribution < 1.29 is 9.53 Å². The molecule has 1 aromatic heterocycles. The lowest BCUT2D eigenvalue weighted by Gasteiger charge is -2.06.